The van der Waals surface area contributed by atoms with Crippen LogP contribution in [0.2, 0.25) is 25.7 Å². The van der Waals surface area contributed by atoms with Gasteiger partial charge in [0.2, 0.25) is 0 Å². The molecule has 0 aliphatic rings. The zero-order chi connectivity index (χ0) is 17.0. The van der Waals surface area contributed by atoms with Crippen molar-refractivity contribution in [2.24, 2.45) is 0 Å². The van der Waals surface area contributed by atoms with Gasteiger partial charge in [-0.3, -0.25) is 0 Å². The van der Waals surface area contributed by atoms with Crippen molar-refractivity contribution < 1.29 is 4.74 Å². The third kappa shape index (κ3) is 4.75. The Labute approximate surface area is 140 Å². The summed E-state index contributed by atoms with van der Waals surface area (Å²) in [6, 6.07) is 3.34. The van der Waals surface area contributed by atoms with Crippen LogP contribution in [0, 0.1) is 0 Å². The Hall–Kier alpha value is -1.46. The van der Waals surface area contributed by atoms with Gasteiger partial charge in [-0.05, 0) is 38.5 Å². The molecule has 0 fully saturated rings. The molecule has 2 rings (SSSR count). The van der Waals surface area contributed by atoms with Gasteiger partial charge in [-0.2, -0.15) is 0 Å². The molecule has 0 amide bonds. The summed E-state index contributed by atoms with van der Waals surface area (Å²) in [6.45, 7) is 14.9. The van der Waals surface area contributed by atoms with Crippen LogP contribution in [0.5, 0.6) is 0 Å². The van der Waals surface area contributed by atoms with E-state index < -0.39 is 8.07 Å². The molecule has 5 heteroatoms. The molecule has 0 saturated heterocycles. The van der Waals surface area contributed by atoms with Crippen LogP contribution in [-0.4, -0.2) is 29.2 Å². The summed E-state index contributed by atoms with van der Waals surface area (Å²) in [5, 5.41) is 0. The fourth-order valence-corrected chi connectivity index (χ4v) is 3.28. The minimum absolute atomic E-state index is 0.578. The Morgan fingerprint density at radius 3 is 2.61 bits per heavy atom. The SMILES string of the molecule is CCc1cc2ncnc(C=C(C)C)c2n1COCC[Si](C)(C)C. The molecule has 0 aliphatic carbocycles. The number of hydrogen-bond donors (Lipinski definition) is 0. The van der Waals surface area contributed by atoms with Crippen LogP contribution < -0.4 is 0 Å². The zero-order valence-electron chi connectivity index (χ0n) is 15.3. The smallest absolute Gasteiger partial charge is 0.123 e. The lowest BCUT2D eigenvalue weighted by molar-refractivity contribution is 0.0885. The standard InChI is InChI=1S/C18H29N3OSi/c1-7-15-11-17-18(16(10-14(2)3)19-12-20-17)21(15)13-22-8-9-23(4,5)6/h10-12H,7-9,13H2,1-6H3. The average molecular weight is 332 g/mol. The molecular formula is C18H29N3OSi. The highest BCUT2D eigenvalue weighted by molar-refractivity contribution is 6.76. The maximum Gasteiger partial charge on any atom is 0.123 e. The van der Waals surface area contributed by atoms with Crippen molar-refractivity contribution in [1.82, 2.24) is 14.5 Å². The molecule has 0 saturated carbocycles. The van der Waals surface area contributed by atoms with Crippen LogP contribution in [0.15, 0.2) is 18.0 Å². The predicted molar refractivity (Wildman–Crippen MR) is 100 cm³/mol. The van der Waals surface area contributed by atoms with Crippen molar-refractivity contribution in [3.8, 4) is 0 Å². The van der Waals surface area contributed by atoms with Gasteiger partial charge in [0.1, 0.15) is 13.1 Å². The first-order valence-electron chi connectivity index (χ1n) is 8.37. The van der Waals surface area contributed by atoms with E-state index in [0.717, 1.165) is 29.8 Å². The van der Waals surface area contributed by atoms with Crippen LogP contribution in [-0.2, 0) is 17.9 Å². The quantitative estimate of drug-likeness (QED) is 0.544. The zero-order valence-corrected chi connectivity index (χ0v) is 16.3. The van der Waals surface area contributed by atoms with Crippen molar-refractivity contribution in [1.29, 1.82) is 0 Å². The molecule has 0 bridgehead atoms. The van der Waals surface area contributed by atoms with E-state index in [2.05, 4.69) is 67.1 Å². The van der Waals surface area contributed by atoms with Crippen molar-refractivity contribution >= 4 is 25.2 Å². The summed E-state index contributed by atoms with van der Waals surface area (Å²) in [5.74, 6) is 0. The van der Waals surface area contributed by atoms with Gasteiger partial charge in [0.05, 0.1) is 16.7 Å². The Balaban J connectivity index is 2.31. The van der Waals surface area contributed by atoms with Crippen LogP contribution in [0.4, 0.5) is 0 Å². The van der Waals surface area contributed by atoms with E-state index in [1.807, 2.05) is 0 Å². The lowest BCUT2D eigenvalue weighted by Crippen LogP contribution is -2.22. The fraction of sp³-hybridized carbons (Fsp3) is 0.556. The molecule has 0 spiro atoms. The lowest BCUT2D eigenvalue weighted by Gasteiger charge is -2.17. The summed E-state index contributed by atoms with van der Waals surface area (Å²) in [4.78, 5) is 8.90. The molecule has 0 aromatic carbocycles. The number of aryl methyl sites for hydroxylation is 1. The largest absolute Gasteiger partial charge is 0.361 e. The summed E-state index contributed by atoms with van der Waals surface area (Å²) >= 11 is 0. The van der Waals surface area contributed by atoms with Crippen molar-refractivity contribution in [2.75, 3.05) is 6.61 Å². The molecule has 126 valence electrons. The van der Waals surface area contributed by atoms with E-state index >= 15 is 0 Å². The minimum atomic E-state index is -1.06. The van der Waals surface area contributed by atoms with Gasteiger partial charge in [-0.25, -0.2) is 9.97 Å². The van der Waals surface area contributed by atoms with Crippen LogP contribution in [0.1, 0.15) is 32.2 Å². The maximum absolute atomic E-state index is 5.99. The second kappa shape index (κ2) is 7.40. The molecular weight excluding hydrogens is 302 g/mol. The minimum Gasteiger partial charge on any atom is -0.361 e. The molecule has 0 radical (unpaired) electrons. The van der Waals surface area contributed by atoms with Crippen molar-refractivity contribution in [3.63, 3.8) is 0 Å². The van der Waals surface area contributed by atoms with Crippen LogP contribution in [0.25, 0.3) is 17.1 Å². The van der Waals surface area contributed by atoms with Gasteiger partial charge in [0.15, 0.2) is 0 Å². The summed E-state index contributed by atoms with van der Waals surface area (Å²) in [7, 11) is -1.06. The maximum atomic E-state index is 5.99. The van der Waals surface area contributed by atoms with Crippen molar-refractivity contribution in [2.45, 2.75) is 59.6 Å². The second-order valence-electron chi connectivity index (χ2n) is 7.48. The molecule has 0 atom stereocenters. The number of ether oxygens (including phenoxy) is 1. The number of fused-ring (bicyclic) bond motifs is 1. The van der Waals surface area contributed by atoms with E-state index in [4.69, 9.17) is 4.74 Å². The van der Waals surface area contributed by atoms with Crippen LogP contribution in [0.3, 0.4) is 0 Å². The van der Waals surface area contributed by atoms with Gasteiger partial charge < -0.3 is 9.30 Å². The number of rotatable bonds is 7. The number of aromatic nitrogens is 3. The van der Waals surface area contributed by atoms with E-state index in [1.165, 1.54) is 17.3 Å². The van der Waals surface area contributed by atoms with Gasteiger partial charge in [-0.15, -0.1) is 0 Å². The molecule has 0 unspecified atom stereocenters. The first-order chi connectivity index (χ1) is 10.8. The fourth-order valence-electron chi connectivity index (χ4n) is 2.52. The van der Waals surface area contributed by atoms with Gasteiger partial charge in [-0.1, -0.05) is 32.1 Å². The molecule has 0 aliphatic heterocycles. The van der Waals surface area contributed by atoms with Gasteiger partial charge >= 0.3 is 0 Å². The highest BCUT2D eigenvalue weighted by Crippen LogP contribution is 2.23. The van der Waals surface area contributed by atoms with E-state index in [9.17, 15) is 0 Å². The monoisotopic (exact) mass is 331 g/mol. The molecule has 0 N–H and O–H groups in total. The molecule has 4 nitrogen and oxygen atoms in total. The normalized spacial score (nSPS) is 11.9. The third-order valence-corrected chi connectivity index (χ3v) is 5.51. The summed E-state index contributed by atoms with van der Waals surface area (Å²) < 4.78 is 8.22. The topological polar surface area (TPSA) is 39.9 Å². The Kier molecular flexibility index (Phi) is 5.76. The number of hydrogen-bond acceptors (Lipinski definition) is 3. The van der Waals surface area contributed by atoms with Gasteiger partial charge in [0, 0.05) is 20.4 Å². The number of nitrogens with zero attached hydrogens (tertiary/aromatic N) is 3. The Morgan fingerprint density at radius 2 is 2.00 bits per heavy atom. The van der Waals surface area contributed by atoms with Gasteiger partial charge in [0.25, 0.3) is 0 Å². The molecule has 2 aromatic rings. The first kappa shape index (κ1) is 17.9. The second-order valence-corrected chi connectivity index (χ2v) is 13.1. The number of allylic oxidation sites excluding steroid dienone is 1. The molecule has 23 heavy (non-hydrogen) atoms. The third-order valence-electron chi connectivity index (χ3n) is 3.80. The first-order valence-corrected chi connectivity index (χ1v) is 12.1. The summed E-state index contributed by atoms with van der Waals surface area (Å²) in [5.41, 5.74) is 5.53. The summed E-state index contributed by atoms with van der Waals surface area (Å²) in [6.07, 6.45) is 4.72. The van der Waals surface area contributed by atoms with E-state index in [0.29, 0.717) is 6.73 Å². The average Bonchev–Trinajstić information content (AvgIpc) is 2.81. The predicted octanol–water partition coefficient (Wildman–Crippen LogP) is 4.73. The van der Waals surface area contributed by atoms with Crippen molar-refractivity contribution in [3.05, 3.63) is 29.4 Å². The highest BCUT2D eigenvalue weighted by atomic mass is 28.3. The Morgan fingerprint density at radius 1 is 1.26 bits per heavy atom. The van der Waals surface area contributed by atoms with E-state index in [-0.39, 0.29) is 0 Å². The van der Waals surface area contributed by atoms with Crippen LogP contribution >= 0.6 is 0 Å². The lowest BCUT2D eigenvalue weighted by atomic mass is 10.2. The molecule has 2 aromatic heterocycles. The Bertz CT molecular complexity index is 694. The highest BCUT2D eigenvalue weighted by Gasteiger charge is 2.15. The molecule has 2 heterocycles. The van der Waals surface area contributed by atoms with E-state index in [1.54, 1.807) is 6.33 Å².